The van der Waals surface area contributed by atoms with Crippen LogP contribution in [0.15, 0.2) is 17.5 Å². The predicted octanol–water partition coefficient (Wildman–Crippen LogP) is 2.28. The molecule has 0 bridgehead atoms. The molecule has 0 spiro atoms. The zero-order chi connectivity index (χ0) is 15.4. The van der Waals surface area contributed by atoms with Crippen molar-refractivity contribution in [3.8, 4) is 0 Å². The van der Waals surface area contributed by atoms with Crippen LogP contribution < -0.4 is 10.6 Å². The van der Waals surface area contributed by atoms with Gasteiger partial charge in [-0.2, -0.15) is 0 Å². The van der Waals surface area contributed by atoms with E-state index < -0.39 is 0 Å². The Morgan fingerprint density at radius 2 is 2.41 bits per heavy atom. The van der Waals surface area contributed by atoms with Gasteiger partial charge in [0.15, 0.2) is 0 Å². The van der Waals surface area contributed by atoms with E-state index in [9.17, 15) is 4.79 Å². The standard InChI is InChI=1S/C15H21N5OS/c1-2-11(12-5-4-10-22-12)17-15(21)16-8-7-14-19-18-13-6-3-9-20(13)14/h4-5,10-11H,2-3,6-9H2,1H3,(H2,16,17,21). The Hall–Kier alpha value is -1.89. The second kappa shape index (κ2) is 6.91. The van der Waals surface area contributed by atoms with Crippen LogP contribution in [-0.4, -0.2) is 27.3 Å². The van der Waals surface area contributed by atoms with Gasteiger partial charge in [0, 0.05) is 30.8 Å². The van der Waals surface area contributed by atoms with E-state index in [4.69, 9.17) is 0 Å². The van der Waals surface area contributed by atoms with Gasteiger partial charge in [-0.3, -0.25) is 0 Å². The first-order chi connectivity index (χ1) is 10.8. The molecule has 3 rings (SSSR count). The Labute approximate surface area is 133 Å². The zero-order valence-electron chi connectivity index (χ0n) is 12.7. The highest BCUT2D eigenvalue weighted by Gasteiger charge is 2.17. The molecule has 118 valence electrons. The molecule has 3 heterocycles. The molecule has 1 aliphatic heterocycles. The van der Waals surface area contributed by atoms with Gasteiger partial charge in [0.25, 0.3) is 0 Å². The number of amides is 2. The average Bonchev–Trinajstić information content (AvgIpc) is 3.23. The molecule has 2 N–H and O–H groups in total. The third kappa shape index (κ3) is 3.30. The van der Waals surface area contributed by atoms with Crippen molar-refractivity contribution in [1.29, 1.82) is 0 Å². The topological polar surface area (TPSA) is 71.8 Å². The Morgan fingerprint density at radius 1 is 1.50 bits per heavy atom. The van der Waals surface area contributed by atoms with Gasteiger partial charge in [-0.25, -0.2) is 4.79 Å². The third-order valence-electron chi connectivity index (χ3n) is 3.92. The van der Waals surface area contributed by atoms with Crippen LogP contribution in [0.2, 0.25) is 0 Å². The Balaban J connectivity index is 1.46. The second-order valence-corrected chi connectivity index (χ2v) is 6.39. The first-order valence-electron chi connectivity index (χ1n) is 7.76. The third-order valence-corrected chi connectivity index (χ3v) is 4.91. The molecular weight excluding hydrogens is 298 g/mol. The molecule has 0 radical (unpaired) electrons. The van der Waals surface area contributed by atoms with E-state index in [2.05, 4.69) is 38.4 Å². The number of carbonyl (C=O) groups is 1. The summed E-state index contributed by atoms with van der Waals surface area (Å²) in [5, 5.41) is 16.3. The first kappa shape index (κ1) is 15.0. The van der Waals surface area contributed by atoms with Gasteiger partial charge in [-0.15, -0.1) is 21.5 Å². The largest absolute Gasteiger partial charge is 0.338 e. The monoisotopic (exact) mass is 319 g/mol. The van der Waals surface area contributed by atoms with E-state index in [-0.39, 0.29) is 12.1 Å². The fourth-order valence-corrected chi connectivity index (χ4v) is 3.62. The van der Waals surface area contributed by atoms with E-state index in [0.717, 1.165) is 43.9 Å². The number of nitrogens with one attached hydrogen (secondary N) is 2. The summed E-state index contributed by atoms with van der Waals surface area (Å²) < 4.78 is 2.17. The van der Waals surface area contributed by atoms with Crippen molar-refractivity contribution in [2.45, 2.75) is 45.2 Å². The van der Waals surface area contributed by atoms with Crippen molar-refractivity contribution < 1.29 is 4.79 Å². The number of thiophene rings is 1. The number of aromatic nitrogens is 3. The maximum Gasteiger partial charge on any atom is 0.315 e. The minimum absolute atomic E-state index is 0.0809. The molecule has 0 saturated carbocycles. The SMILES string of the molecule is CCC(NC(=O)NCCc1nnc2n1CCC2)c1cccs1. The number of nitrogens with zero attached hydrogens (tertiary/aromatic N) is 3. The van der Waals surface area contributed by atoms with Gasteiger partial charge in [-0.05, 0) is 24.3 Å². The minimum Gasteiger partial charge on any atom is -0.338 e. The maximum absolute atomic E-state index is 12.0. The summed E-state index contributed by atoms with van der Waals surface area (Å²) in [5.41, 5.74) is 0. The number of carbonyl (C=O) groups excluding carboxylic acids is 1. The summed E-state index contributed by atoms with van der Waals surface area (Å²) in [4.78, 5) is 13.2. The van der Waals surface area contributed by atoms with Gasteiger partial charge >= 0.3 is 6.03 Å². The second-order valence-electron chi connectivity index (χ2n) is 5.41. The predicted molar refractivity (Wildman–Crippen MR) is 85.9 cm³/mol. The average molecular weight is 319 g/mol. The van der Waals surface area contributed by atoms with Crippen LogP contribution in [-0.2, 0) is 19.4 Å². The normalized spacial score (nSPS) is 14.6. The summed E-state index contributed by atoms with van der Waals surface area (Å²) in [6.07, 6.45) is 3.76. The number of aryl methyl sites for hydroxylation is 1. The van der Waals surface area contributed by atoms with Crippen LogP contribution in [0.1, 0.15) is 42.3 Å². The van der Waals surface area contributed by atoms with Crippen molar-refractivity contribution >= 4 is 17.4 Å². The minimum atomic E-state index is -0.124. The van der Waals surface area contributed by atoms with Crippen molar-refractivity contribution in [2.24, 2.45) is 0 Å². The number of rotatable bonds is 6. The van der Waals surface area contributed by atoms with Crippen LogP contribution in [0.3, 0.4) is 0 Å². The highest BCUT2D eigenvalue weighted by molar-refractivity contribution is 7.10. The number of hydrogen-bond donors (Lipinski definition) is 2. The summed E-state index contributed by atoms with van der Waals surface area (Å²) >= 11 is 1.67. The van der Waals surface area contributed by atoms with Crippen LogP contribution in [0.5, 0.6) is 0 Å². The molecule has 7 heteroatoms. The quantitative estimate of drug-likeness (QED) is 0.858. The van der Waals surface area contributed by atoms with E-state index >= 15 is 0 Å². The lowest BCUT2D eigenvalue weighted by Crippen LogP contribution is -2.38. The molecule has 0 aliphatic carbocycles. The van der Waals surface area contributed by atoms with Gasteiger partial charge < -0.3 is 15.2 Å². The Bertz CT molecular complexity index is 622. The molecule has 22 heavy (non-hydrogen) atoms. The van der Waals surface area contributed by atoms with E-state index in [0.29, 0.717) is 6.54 Å². The summed E-state index contributed by atoms with van der Waals surface area (Å²) in [5.74, 6) is 2.04. The molecule has 1 aliphatic rings. The van der Waals surface area contributed by atoms with Gasteiger partial charge in [-0.1, -0.05) is 13.0 Å². The molecule has 0 aromatic carbocycles. The highest BCUT2D eigenvalue weighted by Crippen LogP contribution is 2.21. The summed E-state index contributed by atoms with van der Waals surface area (Å²) in [7, 11) is 0. The summed E-state index contributed by atoms with van der Waals surface area (Å²) in [6, 6.07) is 4.02. The number of hydrogen-bond acceptors (Lipinski definition) is 4. The van der Waals surface area contributed by atoms with Crippen LogP contribution in [0, 0.1) is 0 Å². The molecule has 2 aromatic heterocycles. The Morgan fingerprint density at radius 3 is 3.18 bits per heavy atom. The van der Waals surface area contributed by atoms with Gasteiger partial charge in [0.05, 0.1) is 6.04 Å². The summed E-state index contributed by atoms with van der Waals surface area (Å²) in [6.45, 7) is 3.65. The molecule has 1 unspecified atom stereocenters. The van der Waals surface area contributed by atoms with Crippen molar-refractivity contribution in [3.05, 3.63) is 34.0 Å². The fourth-order valence-electron chi connectivity index (χ4n) is 2.76. The first-order valence-corrected chi connectivity index (χ1v) is 8.64. The molecule has 0 fully saturated rings. The molecule has 1 atom stereocenters. The lowest BCUT2D eigenvalue weighted by molar-refractivity contribution is 0.237. The molecule has 2 aromatic rings. The van der Waals surface area contributed by atoms with Gasteiger partial charge in [0.2, 0.25) is 0 Å². The smallest absolute Gasteiger partial charge is 0.315 e. The fraction of sp³-hybridized carbons (Fsp3) is 0.533. The van der Waals surface area contributed by atoms with E-state index in [1.807, 2.05) is 11.4 Å². The van der Waals surface area contributed by atoms with Crippen molar-refractivity contribution in [3.63, 3.8) is 0 Å². The molecular formula is C15H21N5OS. The van der Waals surface area contributed by atoms with Crippen molar-refractivity contribution in [1.82, 2.24) is 25.4 Å². The lowest BCUT2D eigenvalue weighted by Gasteiger charge is -2.16. The van der Waals surface area contributed by atoms with Gasteiger partial charge in [0.1, 0.15) is 11.6 Å². The molecule has 2 amide bonds. The molecule has 0 saturated heterocycles. The van der Waals surface area contributed by atoms with Crippen molar-refractivity contribution in [2.75, 3.05) is 6.54 Å². The van der Waals surface area contributed by atoms with Crippen LogP contribution in [0.25, 0.3) is 0 Å². The number of urea groups is 1. The van der Waals surface area contributed by atoms with E-state index in [1.54, 1.807) is 11.3 Å². The maximum atomic E-state index is 12.0. The molecule has 6 nitrogen and oxygen atoms in total. The number of fused-ring (bicyclic) bond motifs is 1. The highest BCUT2D eigenvalue weighted by atomic mass is 32.1. The van der Waals surface area contributed by atoms with Crippen LogP contribution in [0.4, 0.5) is 4.79 Å². The lowest BCUT2D eigenvalue weighted by atomic mass is 10.2. The van der Waals surface area contributed by atoms with Crippen LogP contribution >= 0.6 is 11.3 Å². The Kier molecular flexibility index (Phi) is 4.72. The van der Waals surface area contributed by atoms with E-state index in [1.165, 1.54) is 4.88 Å². The zero-order valence-corrected chi connectivity index (χ0v) is 13.5.